The number of hydrogen-bond acceptors (Lipinski definition) is 6. The summed E-state index contributed by atoms with van der Waals surface area (Å²) in [5, 5.41) is 0. The van der Waals surface area contributed by atoms with Gasteiger partial charge in [0, 0.05) is 75.5 Å². The molecule has 3 atom stereocenters. The topological polar surface area (TPSA) is 69.2 Å². The number of carbonyl (C=O) groups excluding carboxylic acids is 2. The summed E-state index contributed by atoms with van der Waals surface area (Å²) >= 11 is 0. The minimum atomic E-state index is -0.872. The highest BCUT2D eigenvalue weighted by atomic mass is 19.1. The van der Waals surface area contributed by atoms with Crippen LogP contribution >= 0.6 is 0 Å². The van der Waals surface area contributed by atoms with Crippen molar-refractivity contribution in [2.45, 2.75) is 83.7 Å². The molecule has 4 heterocycles. The Hall–Kier alpha value is -3.18. The number of rotatable bonds is 6. The van der Waals surface area contributed by atoms with E-state index in [1.54, 1.807) is 16.0 Å². The van der Waals surface area contributed by atoms with Gasteiger partial charge in [0.05, 0.1) is 17.9 Å². The lowest BCUT2D eigenvalue weighted by molar-refractivity contribution is -0.121. The van der Waals surface area contributed by atoms with Crippen molar-refractivity contribution in [1.29, 1.82) is 0 Å². The molecule has 0 N–H and O–H groups in total. The Morgan fingerprint density at radius 1 is 1.11 bits per heavy atom. The van der Waals surface area contributed by atoms with Gasteiger partial charge >= 0.3 is 6.09 Å². The minimum absolute atomic E-state index is 0.101. The number of amides is 2. The third-order valence-corrected chi connectivity index (χ3v) is 8.72. The van der Waals surface area contributed by atoms with Crippen molar-refractivity contribution in [3.05, 3.63) is 58.9 Å². The number of halogens is 3. The Labute approximate surface area is 258 Å². The van der Waals surface area contributed by atoms with Crippen LogP contribution in [0.3, 0.4) is 0 Å². The van der Waals surface area contributed by atoms with Gasteiger partial charge in [-0.2, -0.15) is 0 Å². The Morgan fingerprint density at radius 2 is 1.86 bits per heavy atom. The molecule has 8 nitrogen and oxygen atoms in total. The number of pyridine rings is 1. The molecule has 44 heavy (non-hydrogen) atoms. The van der Waals surface area contributed by atoms with Gasteiger partial charge in [-0.3, -0.25) is 19.6 Å². The SMILES string of the molecule is C[C@@H]1CN(CC(=O)N2CC(C)(C)c3ncc(Cc4ccc(F)cc4F)cc32)[C@@H](CN2CC[C@@H](F)C2)CN1C(=O)OC(C)(C)C. The van der Waals surface area contributed by atoms with E-state index in [4.69, 9.17) is 9.72 Å². The van der Waals surface area contributed by atoms with Crippen LogP contribution < -0.4 is 4.90 Å². The molecule has 0 spiro atoms. The molecular formula is C33H44F3N5O3. The van der Waals surface area contributed by atoms with Gasteiger partial charge in [0.25, 0.3) is 0 Å². The molecule has 2 saturated heterocycles. The molecule has 11 heteroatoms. The lowest BCUT2D eigenvalue weighted by Crippen LogP contribution is -2.63. The highest BCUT2D eigenvalue weighted by Gasteiger charge is 2.43. The summed E-state index contributed by atoms with van der Waals surface area (Å²) in [6.07, 6.45) is 1.13. The highest BCUT2D eigenvalue weighted by Crippen LogP contribution is 2.40. The number of anilines is 1. The molecule has 3 aliphatic rings. The van der Waals surface area contributed by atoms with Crippen molar-refractivity contribution in [1.82, 2.24) is 19.7 Å². The number of benzene rings is 1. The number of fused-ring (bicyclic) bond motifs is 1. The molecule has 1 aromatic heterocycles. The fourth-order valence-electron chi connectivity index (χ4n) is 6.54. The number of hydrogen-bond donors (Lipinski definition) is 0. The van der Waals surface area contributed by atoms with E-state index in [2.05, 4.69) is 9.80 Å². The van der Waals surface area contributed by atoms with Crippen LogP contribution in [-0.4, -0.2) is 101 Å². The Balaban J connectivity index is 1.36. The highest BCUT2D eigenvalue weighted by molar-refractivity contribution is 5.97. The largest absolute Gasteiger partial charge is 0.444 e. The maximum atomic E-state index is 14.4. The fraction of sp³-hybridized carbons (Fsp3) is 0.606. The Bertz CT molecular complexity index is 1400. The van der Waals surface area contributed by atoms with Crippen molar-refractivity contribution in [2.75, 3.05) is 50.7 Å². The van der Waals surface area contributed by atoms with Gasteiger partial charge < -0.3 is 14.5 Å². The van der Waals surface area contributed by atoms with Crippen molar-refractivity contribution >= 4 is 17.7 Å². The first-order chi connectivity index (χ1) is 20.6. The van der Waals surface area contributed by atoms with Crippen LogP contribution in [0, 0.1) is 11.6 Å². The normalized spacial score (nSPS) is 24.1. The van der Waals surface area contributed by atoms with Gasteiger partial charge in [-0.1, -0.05) is 19.9 Å². The van der Waals surface area contributed by atoms with Crippen molar-refractivity contribution in [3.63, 3.8) is 0 Å². The Kier molecular flexibility index (Phi) is 9.01. The summed E-state index contributed by atoms with van der Waals surface area (Å²) in [6.45, 7) is 14.4. The average Bonchev–Trinajstić information content (AvgIpc) is 3.45. The van der Waals surface area contributed by atoms with Gasteiger partial charge in [-0.25, -0.2) is 18.0 Å². The van der Waals surface area contributed by atoms with E-state index in [1.807, 2.05) is 47.6 Å². The van der Waals surface area contributed by atoms with Crippen LogP contribution in [0.25, 0.3) is 0 Å². The van der Waals surface area contributed by atoms with Crippen LogP contribution in [0.5, 0.6) is 0 Å². The molecule has 0 bridgehead atoms. The molecule has 0 saturated carbocycles. The van der Waals surface area contributed by atoms with E-state index in [0.29, 0.717) is 56.9 Å². The molecule has 0 aliphatic carbocycles. The van der Waals surface area contributed by atoms with E-state index in [-0.39, 0.29) is 31.0 Å². The summed E-state index contributed by atoms with van der Waals surface area (Å²) in [7, 11) is 0. The third kappa shape index (κ3) is 7.20. The zero-order valence-corrected chi connectivity index (χ0v) is 26.6. The zero-order chi connectivity index (χ0) is 32.0. The molecule has 2 amide bonds. The maximum Gasteiger partial charge on any atom is 0.410 e. The van der Waals surface area contributed by atoms with Crippen LogP contribution in [0.4, 0.5) is 23.7 Å². The average molecular weight is 616 g/mol. The van der Waals surface area contributed by atoms with Gasteiger partial charge in [-0.05, 0) is 57.4 Å². The standard InChI is InChI=1S/C33H44F3N5O3/c1-21-15-39(26(17-38-10-9-25(35)16-38)18-40(21)31(43)44-32(2,3)4)19-29(42)41-20-33(5,6)30-28(41)12-22(14-37-30)11-23-7-8-24(34)13-27(23)36/h7-8,12-14,21,25-26H,9-11,15-20H2,1-6H3/t21-,25-,26+/m1/s1. The molecule has 3 aliphatic heterocycles. The first kappa shape index (κ1) is 32.2. The second-order valence-corrected chi connectivity index (χ2v) is 14.2. The third-order valence-electron chi connectivity index (χ3n) is 8.72. The van der Waals surface area contributed by atoms with E-state index in [0.717, 1.165) is 17.3 Å². The van der Waals surface area contributed by atoms with Crippen molar-refractivity contribution < 1.29 is 27.5 Å². The van der Waals surface area contributed by atoms with Gasteiger partial charge in [-0.15, -0.1) is 0 Å². The molecule has 1 aromatic carbocycles. The van der Waals surface area contributed by atoms with Crippen molar-refractivity contribution in [2.24, 2.45) is 0 Å². The fourth-order valence-corrected chi connectivity index (χ4v) is 6.54. The maximum absolute atomic E-state index is 14.4. The summed E-state index contributed by atoms with van der Waals surface area (Å²) < 4.78 is 47.6. The summed E-state index contributed by atoms with van der Waals surface area (Å²) in [5.41, 5.74) is 1.52. The minimum Gasteiger partial charge on any atom is -0.444 e. The van der Waals surface area contributed by atoms with Crippen LogP contribution in [0.2, 0.25) is 0 Å². The molecule has 2 aromatic rings. The summed E-state index contributed by atoms with van der Waals surface area (Å²) in [4.78, 5) is 39.5. The van der Waals surface area contributed by atoms with Crippen LogP contribution in [-0.2, 0) is 21.4 Å². The number of piperazine rings is 1. The summed E-state index contributed by atoms with van der Waals surface area (Å²) in [5.74, 6) is -1.36. The van der Waals surface area contributed by atoms with Gasteiger partial charge in [0.15, 0.2) is 0 Å². The number of nitrogens with zero attached hydrogens (tertiary/aromatic N) is 5. The second-order valence-electron chi connectivity index (χ2n) is 14.2. The molecule has 0 unspecified atom stereocenters. The first-order valence-corrected chi connectivity index (χ1v) is 15.4. The molecule has 0 radical (unpaired) electrons. The van der Waals surface area contributed by atoms with Crippen molar-refractivity contribution in [3.8, 4) is 0 Å². The molecule has 240 valence electrons. The molecule has 2 fully saturated rings. The molecule has 5 rings (SSSR count). The van der Waals surface area contributed by atoms with Gasteiger partial charge in [0.1, 0.15) is 23.4 Å². The predicted molar refractivity (Wildman–Crippen MR) is 162 cm³/mol. The monoisotopic (exact) mass is 615 g/mol. The van der Waals surface area contributed by atoms with E-state index >= 15 is 0 Å². The summed E-state index contributed by atoms with van der Waals surface area (Å²) in [6, 6.07) is 5.02. The smallest absolute Gasteiger partial charge is 0.410 e. The van der Waals surface area contributed by atoms with Gasteiger partial charge in [0.2, 0.25) is 5.91 Å². The Morgan fingerprint density at radius 3 is 2.52 bits per heavy atom. The van der Waals surface area contributed by atoms with E-state index < -0.39 is 34.9 Å². The second kappa shape index (κ2) is 12.3. The number of ether oxygens (including phenoxy) is 1. The first-order valence-electron chi connectivity index (χ1n) is 15.4. The van der Waals surface area contributed by atoms with E-state index in [1.165, 1.54) is 12.1 Å². The number of alkyl halides is 1. The number of aromatic nitrogens is 1. The lowest BCUT2D eigenvalue weighted by atomic mass is 9.91. The number of likely N-dealkylation sites (tertiary alicyclic amines) is 1. The predicted octanol–water partition coefficient (Wildman–Crippen LogP) is 4.93. The lowest BCUT2D eigenvalue weighted by Gasteiger charge is -2.46. The quantitative estimate of drug-likeness (QED) is 0.459. The van der Waals surface area contributed by atoms with Crippen LogP contribution in [0.1, 0.15) is 64.8 Å². The van der Waals surface area contributed by atoms with Crippen LogP contribution in [0.15, 0.2) is 30.5 Å². The molecular weight excluding hydrogens is 571 g/mol. The number of carbonyl (C=O) groups is 2. The zero-order valence-electron chi connectivity index (χ0n) is 26.6. The van der Waals surface area contributed by atoms with E-state index in [9.17, 15) is 22.8 Å².